The Morgan fingerprint density at radius 2 is 1.70 bits per heavy atom. The number of aromatic nitrogens is 1. The van der Waals surface area contributed by atoms with Crippen LogP contribution in [0, 0.1) is 11.8 Å². The molecule has 0 unspecified atom stereocenters. The van der Waals surface area contributed by atoms with E-state index in [0.717, 1.165) is 67.5 Å². The number of aromatic amines is 1. The second-order valence-corrected chi connectivity index (χ2v) is 6.70. The molecule has 23 heavy (non-hydrogen) atoms. The van der Waals surface area contributed by atoms with Gasteiger partial charge in [0.2, 0.25) is 0 Å². The molecule has 0 spiro atoms. The normalized spacial score (nSPS) is 24.3. The van der Waals surface area contributed by atoms with Crippen LogP contribution in [0.5, 0.6) is 0 Å². The summed E-state index contributed by atoms with van der Waals surface area (Å²) in [6.45, 7) is 3.99. The maximum Gasteiger partial charge on any atom is 0.256 e. The third-order valence-corrected chi connectivity index (χ3v) is 5.37. The van der Waals surface area contributed by atoms with E-state index in [4.69, 9.17) is 0 Å². The largest absolute Gasteiger partial charge is 0.366 e. The highest BCUT2D eigenvalue weighted by Gasteiger charge is 2.32. The van der Waals surface area contributed by atoms with Gasteiger partial charge in [0.1, 0.15) is 0 Å². The SMILES string of the molecule is O=C(c1c[nH]cc1-c1ccccc1)N1CC[C@@H]2CNC[C@@H]2CC1. The number of likely N-dealkylation sites (tertiary alicyclic amines) is 1. The molecule has 2 aliphatic rings. The minimum atomic E-state index is 0.165. The zero-order chi connectivity index (χ0) is 15.6. The van der Waals surface area contributed by atoms with Crippen molar-refractivity contribution < 1.29 is 4.79 Å². The number of carbonyl (C=O) groups is 1. The number of amides is 1. The topological polar surface area (TPSA) is 48.1 Å². The molecule has 2 fully saturated rings. The number of nitrogens with one attached hydrogen (secondary N) is 2. The van der Waals surface area contributed by atoms with Gasteiger partial charge in [-0.25, -0.2) is 0 Å². The van der Waals surface area contributed by atoms with E-state index in [0.29, 0.717) is 0 Å². The van der Waals surface area contributed by atoms with Gasteiger partial charge in [-0.05, 0) is 43.3 Å². The molecule has 4 rings (SSSR count). The molecule has 2 aromatic rings. The fourth-order valence-corrected chi connectivity index (χ4v) is 3.99. The first-order chi connectivity index (χ1) is 11.3. The van der Waals surface area contributed by atoms with Gasteiger partial charge in [0.25, 0.3) is 5.91 Å². The molecule has 1 amide bonds. The predicted octanol–water partition coefficient (Wildman–Crippen LogP) is 2.75. The highest BCUT2D eigenvalue weighted by atomic mass is 16.2. The summed E-state index contributed by atoms with van der Waals surface area (Å²) >= 11 is 0. The van der Waals surface area contributed by atoms with Crippen molar-refractivity contribution in [3.63, 3.8) is 0 Å². The molecule has 120 valence electrons. The summed E-state index contributed by atoms with van der Waals surface area (Å²) in [5, 5.41) is 3.49. The lowest BCUT2D eigenvalue weighted by Crippen LogP contribution is -2.32. The van der Waals surface area contributed by atoms with Crippen LogP contribution < -0.4 is 5.32 Å². The summed E-state index contributed by atoms with van der Waals surface area (Å²) in [6.07, 6.45) is 6.01. The van der Waals surface area contributed by atoms with Crippen LogP contribution in [-0.2, 0) is 0 Å². The minimum Gasteiger partial charge on any atom is -0.366 e. The third-order valence-electron chi connectivity index (χ3n) is 5.37. The van der Waals surface area contributed by atoms with Crippen LogP contribution in [0.25, 0.3) is 11.1 Å². The Morgan fingerprint density at radius 3 is 2.39 bits per heavy atom. The predicted molar refractivity (Wildman–Crippen MR) is 91.2 cm³/mol. The smallest absolute Gasteiger partial charge is 0.256 e. The maximum atomic E-state index is 13.0. The first-order valence-electron chi connectivity index (χ1n) is 8.55. The van der Waals surface area contributed by atoms with Crippen LogP contribution in [0.2, 0.25) is 0 Å². The van der Waals surface area contributed by atoms with Gasteiger partial charge in [-0.2, -0.15) is 0 Å². The van der Waals surface area contributed by atoms with E-state index in [2.05, 4.69) is 22.4 Å². The van der Waals surface area contributed by atoms with Crippen LogP contribution >= 0.6 is 0 Å². The average molecular weight is 309 g/mol. The van der Waals surface area contributed by atoms with Crippen molar-refractivity contribution in [2.24, 2.45) is 11.8 Å². The molecule has 2 N–H and O–H groups in total. The summed E-state index contributed by atoms with van der Waals surface area (Å²) in [6, 6.07) is 10.1. The molecular weight excluding hydrogens is 286 g/mol. The number of hydrogen-bond donors (Lipinski definition) is 2. The second-order valence-electron chi connectivity index (χ2n) is 6.70. The van der Waals surface area contributed by atoms with Gasteiger partial charge in [0.15, 0.2) is 0 Å². The molecule has 4 nitrogen and oxygen atoms in total. The van der Waals surface area contributed by atoms with Gasteiger partial charge >= 0.3 is 0 Å². The quantitative estimate of drug-likeness (QED) is 0.896. The highest BCUT2D eigenvalue weighted by Crippen LogP contribution is 2.29. The summed E-state index contributed by atoms with van der Waals surface area (Å²) in [4.78, 5) is 18.2. The summed E-state index contributed by atoms with van der Waals surface area (Å²) < 4.78 is 0. The van der Waals surface area contributed by atoms with E-state index in [1.54, 1.807) is 0 Å². The molecule has 4 heteroatoms. The van der Waals surface area contributed by atoms with Crippen LogP contribution in [0.3, 0.4) is 0 Å². The lowest BCUT2D eigenvalue weighted by molar-refractivity contribution is 0.0759. The molecule has 0 radical (unpaired) electrons. The monoisotopic (exact) mass is 309 g/mol. The van der Waals surface area contributed by atoms with Crippen molar-refractivity contribution in [3.8, 4) is 11.1 Å². The Morgan fingerprint density at radius 1 is 1.00 bits per heavy atom. The Bertz CT molecular complexity index is 665. The second kappa shape index (κ2) is 6.20. The maximum absolute atomic E-state index is 13.0. The van der Waals surface area contributed by atoms with Gasteiger partial charge < -0.3 is 15.2 Å². The van der Waals surface area contributed by atoms with Crippen LogP contribution in [0.1, 0.15) is 23.2 Å². The first kappa shape index (κ1) is 14.5. The van der Waals surface area contributed by atoms with Gasteiger partial charge in [0.05, 0.1) is 5.56 Å². The van der Waals surface area contributed by atoms with E-state index in [-0.39, 0.29) is 5.91 Å². The number of carbonyl (C=O) groups excluding carboxylic acids is 1. The lowest BCUT2D eigenvalue weighted by atomic mass is 9.92. The summed E-state index contributed by atoms with van der Waals surface area (Å²) in [5.74, 6) is 1.65. The van der Waals surface area contributed by atoms with Crippen LogP contribution in [0.15, 0.2) is 42.7 Å². The Kier molecular flexibility index (Phi) is 3.92. The number of H-pyrrole nitrogens is 1. The standard InChI is InChI=1S/C19H23N3O/c23-19(22-8-6-15-10-20-11-16(15)7-9-22)18-13-21-12-17(18)14-4-2-1-3-5-14/h1-5,12-13,15-16,20-21H,6-11H2/t15-,16+. The molecule has 1 aromatic heterocycles. The van der Waals surface area contributed by atoms with Crippen molar-refractivity contribution in [1.82, 2.24) is 15.2 Å². The molecule has 1 aromatic carbocycles. The van der Waals surface area contributed by atoms with Crippen LogP contribution in [0.4, 0.5) is 0 Å². The fourth-order valence-electron chi connectivity index (χ4n) is 3.99. The third kappa shape index (κ3) is 2.79. The average Bonchev–Trinajstić information content (AvgIpc) is 3.21. The fraction of sp³-hybridized carbons (Fsp3) is 0.421. The molecule has 0 aliphatic carbocycles. The minimum absolute atomic E-state index is 0.165. The summed E-state index contributed by atoms with van der Waals surface area (Å²) in [7, 11) is 0. The van der Waals surface area contributed by atoms with Crippen molar-refractivity contribution >= 4 is 5.91 Å². The number of rotatable bonds is 2. The van der Waals surface area contributed by atoms with Crippen molar-refractivity contribution in [1.29, 1.82) is 0 Å². The van der Waals surface area contributed by atoms with Crippen molar-refractivity contribution in [3.05, 3.63) is 48.3 Å². The zero-order valence-corrected chi connectivity index (χ0v) is 13.3. The van der Waals surface area contributed by atoms with Crippen LogP contribution in [-0.4, -0.2) is 42.0 Å². The van der Waals surface area contributed by atoms with E-state index in [1.807, 2.05) is 35.5 Å². The molecule has 0 bridgehead atoms. The van der Waals surface area contributed by atoms with Gasteiger partial charge in [-0.3, -0.25) is 4.79 Å². The Balaban J connectivity index is 1.55. The first-order valence-corrected chi connectivity index (χ1v) is 8.55. The Labute approximate surface area is 136 Å². The van der Waals surface area contributed by atoms with E-state index in [1.165, 1.54) is 0 Å². The number of fused-ring (bicyclic) bond motifs is 1. The summed E-state index contributed by atoms with van der Waals surface area (Å²) in [5.41, 5.74) is 2.89. The zero-order valence-electron chi connectivity index (χ0n) is 13.3. The van der Waals surface area contributed by atoms with Gasteiger partial charge in [-0.1, -0.05) is 30.3 Å². The van der Waals surface area contributed by atoms with Crippen molar-refractivity contribution in [2.45, 2.75) is 12.8 Å². The van der Waals surface area contributed by atoms with E-state index >= 15 is 0 Å². The molecule has 2 atom stereocenters. The van der Waals surface area contributed by atoms with Gasteiger partial charge in [0, 0.05) is 31.0 Å². The van der Waals surface area contributed by atoms with E-state index < -0.39 is 0 Å². The van der Waals surface area contributed by atoms with E-state index in [9.17, 15) is 4.79 Å². The Hall–Kier alpha value is -2.07. The highest BCUT2D eigenvalue weighted by molar-refractivity contribution is 6.00. The van der Waals surface area contributed by atoms with Gasteiger partial charge in [-0.15, -0.1) is 0 Å². The molecule has 0 saturated carbocycles. The number of benzene rings is 1. The lowest BCUT2D eigenvalue weighted by Gasteiger charge is -2.21. The molecule has 3 heterocycles. The number of hydrogen-bond acceptors (Lipinski definition) is 2. The molecule has 2 aliphatic heterocycles. The molecule has 2 saturated heterocycles. The number of nitrogens with zero attached hydrogens (tertiary/aromatic N) is 1. The molecular formula is C19H23N3O. The van der Waals surface area contributed by atoms with Crippen molar-refractivity contribution in [2.75, 3.05) is 26.2 Å².